The Kier molecular flexibility index (Phi) is 20.4. The molecule has 4 N–H and O–H groups in total. The van der Waals surface area contributed by atoms with E-state index in [1.807, 2.05) is 24.3 Å². The van der Waals surface area contributed by atoms with Gasteiger partial charge in [-0.2, -0.15) is 0 Å². The van der Waals surface area contributed by atoms with Crippen LogP contribution in [0, 0.1) is 0 Å². The number of ether oxygens (including phenoxy) is 1. The topological polar surface area (TPSA) is 116 Å². The highest BCUT2D eigenvalue weighted by Gasteiger charge is 2.28. The first kappa shape index (κ1) is 35.6. The molecule has 226 valence electrons. The minimum Gasteiger partial charge on any atom is -0.494 e. The van der Waals surface area contributed by atoms with E-state index in [1.54, 1.807) is 0 Å². The Morgan fingerprint density at radius 1 is 0.795 bits per heavy atom. The van der Waals surface area contributed by atoms with Gasteiger partial charge < -0.3 is 24.9 Å². The largest absolute Gasteiger partial charge is 0.494 e. The summed E-state index contributed by atoms with van der Waals surface area (Å²) in [6.45, 7) is 5.05. The van der Waals surface area contributed by atoms with Gasteiger partial charge in [-0.1, -0.05) is 116 Å². The number of unbranched alkanes of at least 4 members (excludes halogenated alkanes) is 14. The van der Waals surface area contributed by atoms with Crippen molar-refractivity contribution < 1.29 is 29.0 Å². The van der Waals surface area contributed by atoms with Crippen molar-refractivity contribution in [2.45, 2.75) is 142 Å². The minimum absolute atomic E-state index is 0.191. The first-order valence-corrected chi connectivity index (χ1v) is 17.3. The average molecular weight is 570 g/mol. The lowest BCUT2D eigenvalue weighted by Crippen LogP contribution is -2.46. The molecule has 0 aliphatic rings. The molecular formula is C31H56NO6P. The summed E-state index contributed by atoms with van der Waals surface area (Å²) in [4.78, 5) is 31.3. The van der Waals surface area contributed by atoms with Crippen molar-refractivity contribution in [2.75, 3.05) is 12.8 Å². The molecule has 1 aromatic rings. The highest BCUT2D eigenvalue weighted by molar-refractivity contribution is 7.51. The smallest absolute Gasteiger partial charge is 0.328 e. The van der Waals surface area contributed by atoms with Crippen LogP contribution in [0.2, 0.25) is 0 Å². The number of aliphatic hydroxyl groups is 1. The molecule has 0 aliphatic heterocycles. The van der Waals surface area contributed by atoms with Gasteiger partial charge in [-0.15, -0.1) is 0 Å². The molecular weight excluding hydrogens is 513 g/mol. The van der Waals surface area contributed by atoms with E-state index >= 15 is 0 Å². The van der Waals surface area contributed by atoms with Crippen molar-refractivity contribution in [1.82, 2.24) is 5.32 Å². The number of carbonyl (C=O) groups excluding carboxylic acids is 1. The van der Waals surface area contributed by atoms with Crippen molar-refractivity contribution in [3.05, 3.63) is 29.8 Å². The molecule has 0 aliphatic carbocycles. The number of carbonyl (C=O) groups is 1. The number of hydrogen-bond donors (Lipinski definition) is 4. The van der Waals surface area contributed by atoms with E-state index in [9.17, 15) is 24.3 Å². The van der Waals surface area contributed by atoms with Crippen LogP contribution in [-0.4, -0.2) is 45.7 Å². The van der Waals surface area contributed by atoms with Crippen LogP contribution < -0.4 is 10.1 Å². The van der Waals surface area contributed by atoms with Crippen LogP contribution in [0.1, 0.15) is 129 Å². The Bertz CT molecular complexity index is 782. The highest BCUT2D eigenvalue weighted by atomic mass is 31.2. The molecule has 1 aromatic carbocycles. The first-order valence-electron chi connectivity index (χ1n) is 15.5. The maximum atomic E-state index is 12.6. The second-order valence-electron chi connectivity index (χ2n) is 11.0. The van der Waals surface area contributed by atoms with Crippen LogP contribution in [0.4, 0.5) is 0 Å². The van der Waals surface area contributed by atoms with Gasteiger partial charge in [-0.05, 0) is 37.0 Å². The van der Waals surface area contributed by atoms with Gasteiger partial charge in [0.05, 0.1) is 24.9 Å². The van der Waals surface area contributed by atoms with Crippen LogP contribution in [0.15, 0.2) is 24.3 Å². The molecule has 0 saturated heterocycles. The third kappa shape index (κ3) is 20.2. The highest BCUT2D eigenvalue weighted by Crippen LogP contribution is 2.35. The predicted octanol–water partition coefficient (Wildman–Crippen LogP) is 7.30. The Hall–Kier alpha value is -1.40. The van der Waals surface area contributed by atoms with Crippen LogP contribution in [0.25, 0.3) is 0 Å². The van der Waals surface area contributed by atoms with Gasteiger partial charge in [0.15, 0.2) is 0 Å². The summed E-state index contributed by atoms with van der Waals surface area (Å²) in [6, 6.07) is 6.66. The van der Waals surface area contributed by atoms with Crippen molar-refractivity contribution in [3.8, 4) is 5.75 Å². The lowest BCUT2D eigenvalue weighted by Gasteiger charge is -2.25. The standard InChI is InChI=1S/C31H56NO6P/c1-3-5-7-8-9-10-11-12-13-14-15-16-17-19-31(34)32-29(30(33)26-39(35,36)37)25-27-20-22-28(23-21-27)38-24-18-6-4-2/h20-23,29-30,33H,3-19,24-26H2,1-2H3,(H,32,34)(H2,35,36,37)/t29-,30?/m1/s1. The molecule has 0 saturated carbocycles. The summed E-state index contributed by atoms with van der Waals surface area (Å²) in [6.07, 6.45) is 17.9. The van der Waals surface area contributed by atoms with E-state index in [0.717, 1.165) is 49.8 Å². The van der Waals surface area contributed by atoms with Gasteiger partial charge in [0, 0.05) is 6.42 Å². The van der Waals surface area contributed by atoms with Crippen molar-refractivity contribution in [3.63, 3.8) is 0 Å². The van der Waals surface area contributed by atoms with Crippen molar-refractivity contribution >= 4 is 13.5 Å². The molecule has 2 atom stereocenters. The van der Waals surface area contributed by atoms with Crippen LogP contribution in [0.3, 0.4) is 0 Å². The summed E-state index contributed by atoms with van der Waals surface area (Å²) < 4.78 is 17.2. The van der Waals surface area contributed by atoms with Crippen LogP contribution >= 0.6 is 7.60 Å². The molecule has 0 heterocycles. The molecule has 1 amide bonds. The molecule has 1 unspecified atom stereocenters. The zero-order chi connectivity index (χ0) is 28.8. The fraction of sp³-hybridized carbons (Fsp3) is 0.774. The molecule has 0 aromatic heterocycles. The maximum absolute atomic E-state index is 12.6. The zero-order valence-electron chi connectivity index (χ0n) is 24.6. The third-order valence-electron chi connectivity index (χ3n) is 7.14. The Labute approximate surface area is 237 Å². The Morgan fingerprint density at radius 2 is 1.28 bits per heavy atom. The van der Waals surface area contributed by atoms with E-state index in [-0.39, 0.29) is 12.3 Å². The van der Waals surface area contributed by atoms with E-state index < -0.39 is 25.9 Å². The predicted molar refractivity (Wildman–Crippen MR) is 160 cm³/mol. The lowest BCUT2D eigenvalue weighted by atomic mass is 10.0. The van der Waals surface area contributed by atoms with Gasteiger partial charge in [0.25, 0.3) is 0 Å². The van der Waals surface area contributed by atoms with Gasteiger partial charge in [-0.3, -0.25) is 9.36 Å². The number of rotatable bonds is 25. The first-order chi connectivity index (χ1) is 18.7. The maximum Gasteiger partial charge on any atom is 0.328 e. The fourth-order valence-corrected chi connectivity index (χ4v) is 5.50. The summed E-state index contributed by atoms with van der Waals surface area (Å²) in [5.41, 5.74) is 0.854. The number of hydrogen-bond acceptors (Lipinski definition) is 4. The molecule has 7 nitrogen and oxygen atoms in total. The SMILES string of the molecule is CCCCCCCCCCCCCCCC(=O)N[C@H](Cc1ccc(OCCCCC)cc1)C(O)CP(=O)(O)O. The minimum atomic E-state index is -4.42. The van der Waals surface area contributed by atoms with Crippen molar-refractivity contribution in [1.29, 1.82) is 0 Å². The fourth-order valence-electron chi connectivity index (χ4n) is 4.75. The van der Waals surface area contributed by atoms with Crippen LogP contribution in [0.5, 0.6) is 5.75 Å². The number of nitrogens with one attached hydrogen (secondary N) is 1. The summed E-state index contributed by atoms with van der Waals surface area (Å²) in [5, 5.41) is 13.4. The van der Waals surface area contributed by atoms with E-state index in [0.29, 0.717) is 13.0 Å². The molecule has 1 rings (SSSR count). The van der Waals surface area contributed by atoms with Crippen LogP contribution in [-0.2, 0) is 15.8 Å². The zero-order valence-corrected chi connectivity index (χ0v) is 25.5. The summed E-state index contributed by atoms with van der Waals surface area (Å²) in [5.74, 6) is 0.567. The molecule has 0 bridgehead atoms. The van der Waals surface area contributed by atoms with E-state index in [1.165, 1.54) is 64.2 Å². The van der Waals surface area contributed by atoms with Gasteiger partial charge >= 0.3 is 7.60 Å². The Morgan fingerprint density at radius 3 is 1.79 bits per heavy atom. The quantitative estimate of drug-likeness (QED) is 0.0725. The lowest BCUT2D eigenvalue weighted by molar-refractivity contribution is -0.122. The second-order valence-corrected chi connectivity index (χ2v) is 12.7. The summed E-state index contributed by atoms with van der Waals surface area (Å²) >= 11 is 0. The number of benzene rings is 1. The normalized spacial score (nSPS) is 13.3. The van der Waals surface area contributed by atoms with Gasteiger partial charge in [0.2, 0.25) is 5.91 Å². The monoisotopic (exact) mass is 569 g/mol. The molecule has 0 spiro atoms. The molecule has 8 heteroatoms. The number of amides is 1. The van der Waals surface area contributed by atoms with Crippen molar-refractivity contribution in [2.24, 2.45) is 0 Å². The van der Waals surface area contributed by atoms with E-state index in [4.69, 9.17) is 4.74 Å². The van der Waals surface area contributed by atoms with Gasteiger partial charge in [0.1, 0.15) is 5.75 Å². The number of aliphatic hydroxyl groups excluding tert-OH is 1. The second kappa shape index (κ2) is 22.3. The third-order valence-corrected chi connectivity index (χ3v) is 7.99. The average Bonchev–Trinajstić information content (AvgIpc) is 2.89. The van der Waals surface area contributed by atoms with Gasteiger partial charge in [-0.25, -0.2) is 0 Å². The van der Waals surface area contributed by atoms with E-state index in [2.05, 4.69) is 19.2 Å². The molecule has 0 fully saturated rings. The molecule has 39 heavy (non-hydrogen) atoms. The molecule has 0 radical (unpaired) electrons. The Balaban J connectivity index is 2.37. The summed E-state index contributed by atoms with van der Waals surface area (Å²) in [7, 11) is -4.42.